The molecule has 0 spiro atoms. The van der Waals surface area contributed by atoms with Crippen LogP contribution < -0.4 is 16.0 Å². The average molecular weight is 334 g/mol. The molecule has 6 nitrogen and oxygen atoms in total. The van der Waals surface area contributed by atoms with Gasteiger partial charge in [0, 0.05) is 18.8 Å². The number of aliphatic imine (C=N–C) groups is 1. The van der Waals surface area contributed by atoms with Gasteiger partial charge in [-0.05, 0) is 43.7 Å². The van der Waals surface area contributed by atoms with Gasteiger partial charge in [-0.25, -0.2) is 9.98 Å². The second kappa shape index (κ2) is 6.12. The number of hydrogen-bond acceptors (Lipinski definition) is 5. The third-order valence-corrected chi connectivity index (χ3v) is 4.66. The first kappa shape index (κ1) is 15.5. The molecule has 0 fully saturated rings. The van der Waals surface area contributed by atoms with Crippen LogP contribution in [0.2, 0.25) is 0 Å². The maximum atomic E-state index is 6.00. The Kier molecular flexibility index (Phi) is 3.80. The van der Waals surface area contributed by atoms with Crippen molar-refractivity contribution in [1.29, 1.82) is 0 Å². The van der Waals surface area contributed by atoms with Crippen LogP contribution in [0.5, 0.6) is 0 Å². The highest BCUT2D eigenvalue weighted by molar-refractivity contribution is 5.94. The van der Waals surface area contributed by atoms with E-state index in [4.69, 9.17) is 5.73 Å². The minimum atomic E-state index is -0.214. The number of guanidine groups is 1. The van der Waals surface area contributed by atoms with Crippen molar-refractivity contribution in [2.24, 2.45) is 10.7 Å². The van der Waals surface area contributed by atoms with Crippen molar-refractivity contribution in [3.8, 4) is 0 Å². The summed E-state index contributed by atoms with van der Waals surface area (Å²) in [6.45, 7) is 6.31. The van der Waals surface area contributed by atoms with E-state index in [1.54, 1.807) is 0 Å². The van der Waals surface area contributed by atoms with Crippen LogP contribution in [-0.2, 0) is 0 Å². The molecular weight excluding hydrogens is 312 g/mol. The zero-order valence-corrected chi connectivity index (χ0v) is 14.5. The van der Waals surface area contributed by atoms with Crippen molar-refractivity contribution in [3.63, 3.8) is 0 Å². The van der Waals surface area contributed by atoms with E-state index >= 15 is 0 Å². The Balaban J connectivity index is 1.79. The van der Waals surface area contributed by atoms with Gasteiger partial charge in [-0.3, -0.25) is 9.88 Å². The highest BCUT2D eigenvalue weighted by Gasteiger charge is 2.24. The molecule has 1 aromatic heterocycles. The highest BCUT2D eigenvalue weighted by Crippen LogP contribution is 2.32. The van der Waals surface area contributed by atoms with Crippen molar-refractivity contribution in [3.05, 3.63) is 54.1 Å². The van der Waals surface area contributed by atoms with E-state index in [9.17, 15) is 0 Å². The fourth-order valence-corrected chi connectivity index (χ4v) is 3.39. The zero-order valence-electron chi connectivity index (χ0n) is 14.5. The van der Waals surface area contributed by atoms with Crippen LogP contribution in [0.4, 0.5) is 11.6 Å². The topological polar surface area (TPSA) is 71.5 Å². The second-order valence-corrected chi connectivity index (χ2v) is 6.07. The van der Waals surface area contributed by atoms with Crippen LogP contribution in [0.3, 0.4) is 0 Å². The van der Waals surface area contributed by atoms with Gasteiger partial charge in [-0.1, -0.05) is 24.3 Å². The maximum Gasteiger partial charge on any atom is 0.212 e. The number of hydrogen-bond donors (Lipinski definition) is 2. The maximum absolute atomic E-state index is 6.00. The van der Waals surface area contributed by atoms with Crippen molar-refractivity contribution in [1.82, 2.24) is 9.55 Å². The Hall–Kier alpha value is -3.02. The number of anilines is 2. The van der Waals surface area contributed by atoms with E-state index in [2.05, 4.69) is 68.9 Å². The van der Waals surface area contributed by atoms with Crippen molar-refractivity contribution >= 4 is 28.6 Å². The Morgan fingerprint density at radius 3 is 2.52 bits per heavy atom. The number of aromatic nitrogens is 2. The molecule has 6 heteroatoms. The standard InChI is InChI=1S/C19H22N6/c1-3-24(4-2)14-11-9-13(10-12-14)17-22-18(20)23-19-21-15-7-5-6-8-16(15)25(17)19/h5-12,17H,3-4H2,1-2H3,(H3,20,21,22,23)/t17-/m0/s1. The number of para-hydroxylation sites is 2. The Labute approximate surface area is 147 Å². The number of benzene rings is 2. The molecule has 25 heavy (non-hydrogen) atoms. The number of nitrogens with zero attached hydrogens (tertiary/aromatic N) is 4. The first-order valence-corrected chi connectivity index (χ1v) is 8.63. The van der Waals surface area contributed by atoms with E-state index in [1.165, 1.54) is 5.69 Å². The lowest BCUT2D eigenvalue weighted by atomic mass is 10.1. The van der Waals surface area contributed by atoms with Gasteiger partial charge in [0.15, 0.2) is 12.1 Å². The quantitative estimate of drug-likeness (QED) is 0.769. The predicted octanol–water partition coefficient (Wildman–Crippen LogP) is 3.17. The largest absolute Gasteiger partial charge is 0.372 e. The number of rotatable bonds is 4. The summed E-state index contributed by atoms with van der Waals surface area (Å²) in [5.74, 6) is 1.12. The molecule has 0 bridgehead atoms. The zero-order chi connectivity index (χ0) is 17.4. The SMILES string of the molecule is CCN(CC)c1ccc([C@H]2N=C(N)Nc3nc4ccccc4n32)cc1. The fourth-order valence-electron chi connectivity index (χ4n) is 3.39. The Bertz CT molecular complexity index is 921. The van der Waals surface area contributed by atoms with E-state index in [0.717, 1.165) is 35.6 Å². The summed E-state index contributed by atoms with van der Waals surface area (Å²) in [6.07, 6.45) is -0.214. The molecule has 1 aliphatic rings. The van der Waals surface area contributed by atoms with Crippen LogP contribution in [0.15, 0.2) is 53.5 Å². The number of nitrogens with two attached hydrogens (primary N) is 1. The molecule has 3 N–H and O–H groups in total. The molecule has 3 aromatic rings. The molecule has 128 valence electrons. The summed E-state index contributed by atoms with van der Waals surface area (Å²) in [7, 11) is 0. The average Bonchev–Trinajstić information content (AvgIpc) is 3.00. The molecule has 1 aliphatic heterocycles. The van der Waals surface area contributed by atoms with E-state index in [-0.39, 0.29) is 6.17 Å². The van der Waals surface area contributed by atoms with Gasteiger partial charge in [0.1, 0.15) is 0 Å². The Morgan fingerprint density at radius 2 is 1.80 bits per heavy atom. The summed E-state index contributed by atoms with van der Waals surface area (Å²) in [5.41, 5.74) is 10.3. The van der Waals surface area contributed by atoms with Gasteiger partial charge in [0.2, 0.25) is 5.95 Å². The van der Waals surface area contributed by atoms with E-state index in [1.807, 2.05) is 18.2 Å². The van der Waals surface area contributed by atoms with E-state index in [0.29, 0.717) is 5.96 Å². The second-order valence-electron chi connectivity index (χ2n) is 6.07. The van der Waals surface area contributed by atoms with Gasteiger partial charge in [0.05, 0.1) is 11.0 Å². The van der Waals surface area contributed by atoms with Crippen molar-refractivity contribution in [2.45, 2.75) is 20.0 Å². The predicted molar refractivity (Wildman–Crippen MR) is 103 cm³/mol. The molecule has 2 aromatic carbocycles. The molecule has 0 saturated carbocycles. The summed E-state index contributed by atoms with van der Waals surface area (Å²) in [6, 6.07) is 16.6. The van der Waals surface area contributed by atoms with Gasteiger partial charge in [-0.2, -0.15) is 0 Å². The summed E-state index contributed by atoms with van der Waals surface area (Å²) < 4.78 is 2.10. The molecular formula is C19H22N6. The van der Waals surface area contributed by atoms with Gasteiger partial charge in [-0.15, -0.1) is 0 Å². The highest BCUT2D eigenvalue weighted by atomic mass is 15.4. The molecule has 0 radical (unpaired) electrons. The van der Waals surface area contributed by atoms with Crippen LogP contribution >= 0.6 is 0 Å². The van der Waals surface area contributed by atoms with Gasteiger partial charge < -0.3 is 10.6 Å². The molecule has 0 aliphatic carbocycles. The van der Waals surface area contributed by atoms with Crippen LogP contribution in [0, 0.1) is 0 Å². The minimum absolute atomic E-state index is 0.214. The van der Waals surface area contributed by atoms with Crippen LogP contribution in [-0.4, -0.2) is 28.6 Å². The van der Waals surface area contributed by atoms with Crippen LogP contribution in [0.25, 0.3) is 11.0 Å². The van der Waals surface area contributed by atoms with Gasteiger partial charge in [0.25, 0.3) is 0 Å². The lowest BCUT2D eigenvalue weighted by Crippen LogP contribution is -2.31. The third-order valence-electron chi connectivity index (χ3n) is 4.66. The van der Waals surface area contributed by atoms with Crippen molar-refractivity contribution in [2.75, 3.05) is 23.3 Å². The minimum Gasteiger partial charge on any atom is -0.372 e. The summed E-state index contributed by atoms with van der Waals surface area (Å²) in [5, 5.41) is 3.07. The summed E-state index contributed by atoms with van der Waals surface area (Å²) in [4.78, 5) is 11.6. The monoisotopic (exact) mass is 334 g/mol. The first-order valence-electron chi connectivity index (χ1n) is 8.63. The van der Waals surface area contributed by atoms with E-state index < -0.39 is 0 Å². The fraction of sp³-hybridized carbons (Fsp3) is 0.263. The number of fused-ring (bicyclic) bond motifs is 3. The lowest BCUT2D eigenvalue weighted by molar-refractivity contribution is 0.626. The summed E-state index contributed by atoms with van der Waals surface area (Å²) >= 11 is 0. The molecule has 0 amide bonds. The molecule has 4 rings (SSSR count). The molecule has 2 heterocycles. The first-order chi connectivity index (χ1) is 12.2. The molecule has 0 saturated heterocycles. The lowest BCUT2D eigenvalue weighted by Gasteiger charge is -2.25. The Morgan fingerprint density at radius 1 is 1.08 bits per heavy atom. The van der Waals surface area contributed by atoms with Gasteiger partial charge >= 0.3 is 0 Å². The molecule has 0 unspecified atom stereocenters. The van der Waals surface area contributed by atoms with Crippen LogP contribution in [0.1, 0.15) is 25.6 Å². The number of nitrogens with one attached hydrogen (secondary N) is 1. The smallest absolute Gasteiger partial charge is 0.212 e. The number of imidazole rings is 1. The third kappa shape index (κ3) is 2.59. The van der Waals surface area contributed by atoms with Crippen molar-refractivity contribution < 1.29 is 0 Å². The molecule has 1 atom stereocenters. The normalized spacial score (nSPS) is 16.2.